The molecule has 8 N–H and O–H groups in total. The molecule has 0 aliphatic rings. The van der Waals surface area contributed by atoms with Crippen LogP contribution in [0.2, 0.25) is 0 Å². The van der Waals surface area contributed by atoms with E-state index in [1.54, 1.807) is 30.3 Å². The molecule has 0 aromatic heterocycles. The van der Waals surface area contributed by atoms with Crippen molar-refractivity contribution in [2.24, 2.45) is 0 Å². The van der Waals surface area contributed by atoms with Gasteiger partial charge in [0.2, 0.25) is 23.0 Å². The smallest absolute Gasteiger partial charge is 0.204 e. The van der Waals surface area contributed by atoms with Gasteiger partial charge in [-0.2, -0.15) is 0 Å². The van der Waals surface area contributed by atoms with E-state index in [2.05, 4.69) is 0 Å². The molecule has 0 bridgehead atoms. The largest absolute Gasteiger partial charge is 0.504 e. The third kappa shape index (κ3) is 3.96. The zero-order valence-electron chi connectivity index (χ0n) is 25.0. The maximum Gasteiger partial charge on any atom is 0.204 e. The van der Waals surface area contributed by atoms with Crippen LogP contribution in [0, 0.1) is 0 Å². The van der Waals surface area contributed by atoms with Gasteiger partial charge in [0.25, 0.3) is 0 Å². The first-order valence-corrected chi connectivity index (χ1v) is 15.0. The van der Waals surface area contributed by atoms with Crippen LogP contribution < -0.4 is 0 Å². The maximum atomic E-state index is 11.5. The molecule has 0 aliphatic heterocycles. The summed E-state index contributed by atoms with van der Waals surface area (Å²) in [7, 11) is 0. The fourth-order valence-corrected chi connectivity index (χ4v) is 6.84. The number of aromatic hydroxyl groups is 8. The first-order valence-electron chi connectivity index (χ1n) is 15.0. The quantitative estimate of drug-likeness (QED) is 0.0543. The summed E-state index contributed by atoms with van der Waals surface area (Å²) >= 11 is 0. The Bertz CT molecular complexity index is 2560. The van der Waals surface area contributed by atoms with Crippen molar-refractivity contribution in [1.82, 2.24) is 0 Å². The van der Waals surface area contributed by atoms with Crippen molar-refractivity contribution >= 4 is 43.1 Å². The Morgan fingerprint density at radius 1 is 0.292 bits per heavy atom. The molecule has 0 saturated heterocycles. The molecule has 8 heteroatoms. The molecule has 0 atom stereocenters. The highest BCUT2D eigenvalue weighted by Gasteiger charge is 2.32. The average Bonchev–Trinajstić information content (AvgIpc) is 3.13. The van der Waals surface area contributed by atoms with Gasteiger partial charge in [-0.15, -0.1) is 0 Å². The number of phenols is 8. The topological polar surface area (TPSA) is 162 Å². The summed E-state index contributed by atoms with van der Waals surface area (Å²) in [6, 6.07) is 33.5. The molecule has 8 nitrogen and oxygen atoms in total. The van der Waals surface area contributed by atoms with Crippen molar-refractivity contribution < 1.29 is 40.9 Å². The Morgan fingerprint density at radius 3 is 1.27 bits per heavy atom. The molecule has 0 aliphatic carbocycles. The number of benzene rings is 8. The Labute approximate surface area is 272 Å². The number of hydrogen-bond donors (Lipinski definition) is 8. The fraction of sp³-hybridized carbons (Fsp3) is 0. The van der Waals surface area contributed by atoms with Gasteiger partial charge in [-0.05, 0) is 49.9 Å². The second-order valence-corrected chi connectivity index (χ2v) is 11.7. The Balaban J connectivity index is 1.54. The van der Waals surface area contributed by atoms with Crippen LogP contribution in [0.15, 0.2) is 109 Å². The summed E-state index contributed by atoms with van der Waals surface area (Å²) in [6.45, 7) is 0. The number of hydrogen-bond acceptors (Lipinski definition) is 8. The van der Waals surface area contributed by atoms with Crippen LogP contribution in [0.3, 0.4) is 0 Å². The van der Waals surface area contributed by atoms with Crippen LogP contribution >= 0.6 is 0 Å². The molecule has 8 rings (SSSR count). The van der Waals surface area contributed by atoms with E-state index < -0.39 is 46.0 Å². The van der Waals surface area contributed by atoms with Crippen LogP contribution in [0.4, 0.5) is 0 Å². The monoisotopic (exact) mass is 634 g/mol. The Morgan fingerprint density at radius 2 is 0.708 bits per heavy atom. The molecule has 0 unspecified atom stereocenters. The zero-order valence-corrected chi connectivity index (χ0v) is 25.0. The van der Waals surface area contributed by atoms with Crippen molar-refractivity contribution in [2.45, 2.75) is 0 Å². The van der Waals surface area contributed by atoms with E-state index in [1.165, 1.54) is 0 Å². The standard InChI is InChI=1S/C40H26O8/c41-33-29-27(22-15-13-21(14-16-22)26-11-5-9-20-7-3-4-10-25(20)26)30-32(36(44)40(48)38(46)34(30)42)28(31(29)35(43)39(47)37(33)45)24-17-12-19-6-1-2-8-23(19)18-24/h1-18,41-48H. The van der Waals surface area contributed by atoms with Gasteiger partial charge >= 0.3 is 0 Å². The highest BCUT2D eigenvalue weighted by Crippen LogP contribution is 2.61. The lowest BCUT2D eigenvalue weighted by Gasteiger charge is -2.22. The molecule has 8 aromatic rings. The van der Waals surface area contributed by atoms with E-state index in [9.17, 15) is 40.9 Å². The van der Waals surface area contributed by atoms with Crippen molar-refractivity contribution in [3.63, 3.8) is 0 Å². The normalized spacial score (nSPS) is 11.6. The molecule has 8 aromatic carbocycles. The summed E-state index contributed by atoms with van der Waals surface area (Å²) in [5, 5.41) is 91.9. The molecule has 0 saturated carbocycles. The highest BCUT2D eigenvalue weighted by molar-refractivity contribution is 6.29. The summed E-state index contributed by atoms with van der Waals surface area (Å²) in [5.41, 5.74) is 2.51. The van der Waals surface area contributed by atoms with E-state index in [1.807, 2.05) is 78.9 Å². The van der Waals surface area contributed by atoms with Gasteiger partial charge in [0.1, 0.15) is 0 Å². The van der Waals surface area contributed by atoms with E-state index in [0.29, 0.717) is 11.1 Å². The van der Waals surface area contributed by atoms with Crippen LogP contribution in [0.1, 0.15) is 0 Å². The molecular weight excluding hydrogens is 608 g/mol. The summed E-state index contributed by atoms with van der Waals surface area (Å²) in [6.07, 6.45) is 0. The Hall–Kier alpha value is -6.80. The lowest BCUT2D eigenvalue weighted by atomic mass is 9.83. The van der Waals surface area contributed by atoms with E-state index in [0.717, 1.165) is 32.7 Å². The van der Waals surface area contributed by atoms with Gasteiger partial charge in [0.15, 0.2) is 23.0 Å². The first-order chi connectivity index (χ1) is 23.2. The van der Waals surface area contributed by atoms with Gasteiger partial charge in [-0.25, -0.2) is 0 Å². The van der Waals surface area contributed by atoms with Gasteiger partial charge < -0.3 is 40.9 Å². The van der Waals surface area contributed by atoms with Crippen molar-refractivity contribution in [1.29, 1.82) is 0 Å². The molecular formula is C40H26O8. The van der Waals surface area contributed by atoms with Crippen LogP contribution in [0.5, 0.6) is 46.0 Å². The molecule has 0 spiro atoms. The van der Waals surface area contributed by atoms with Crippen LogP contribution in [-0.2, 0) is 0 Å². The van der Waals surface area contributed by atoms with Crippen molar-refractivity contribution in [3.05, 3.63) is 109 Å². The van der Waals surface area contributed by atoms with Crippen LogP contribution in [0.25, 0.3) is 76.5 Å². The van der Waals surface area contributed by atoms with E-state index >= 15 is 0 Å². The van der Waals surface area contributed by atoms with Gasteiger partial charge in [0, 0.05) is 32.7 Å². The van der Waals surface area contributed by atoms with Gasteiger partial charge in [0.05, 0.1) is 0 Å². The number of rotatable bonds is 3. The minimum Gasteiger partial charge on any atom is -0.504 e. The Kier molecular flexibility index (Phi) is 6.19. The predicted octanol–water partition coefficient (Wildman–Crippen LogP) is 8.95. The van der Waals surface area contributed by atoms with Crippen molar-refractivity contribution in [2.75, 3.05) is 0 Å². The predicted molar refractivity (Wildman–Crippen MR) is 186 cm³/mol. The molecule has 0 radical (unpaired) electrons. The minimum atomic E-state index is -1.01. The lowest BCUT2D eigenvalue weighted by Crippen LogP contribution is -1.95. The molecule has 0 amide bonds. The van der Waals surface area contributed by atoms with Crippen molar-refractivity contribution in [3.8, 4) is 79.4 Å². The number of phenolic OH excluding ortho intramolecular Hbond substituents is 8. The second-order valence-electron chi connectivity index (χ2n) is 11.7. The molecule has 234 valence electrons. The summed E-state index contributed by atoms with van der Waals surface area (Å²) in [5.74, 6) is -7.30. The highest BCUT2D eigenvalue weighted by atomic mass is 16.4. The minimum absolute atomic E-state index is 0.000193. The van der Waals surface area contributed by atoms with E-state index in [4.69, 9.17) is 0 Å². The van der Waals surface area contributed by atoms with Crippen LogP contribution in [-0.4, -0.2) is 40.9 Å². The fourth-order valence-electron chi connectivity index (χ4n) is 6.84. The van der Waals surface area contributed by atoms with Gasteiger partial charge in [-0.3, -0.25) is 0 Å². The first kappa shape index (κ1) is 28.7. The SMILES string of the molecule is Oc1c(O)c(O)c2c(-c3ccc4ccccc4c3)c3c(O)c(O)c(O)c(O)c3c(-c3ccc(-c4cccc5ccccc45)cc3)c2c1O. The number of fused-ring (bicyclic) bond motifs is 4. The van der Waals surface area contributed by atoms with E-state index in [-0.39, 0.29) is 32.7 Å². The summed E-state index contributed by atoms with van der Waals surface area (Å²) in [4.78, 5) is 0. The second kappa shape index (κ2) is 10.4. The summed E-state index contributed by atoms with van der Waals surface area (Å²) < 4.78 is 0. The third-order valence-corrected chi connectivity index (χ3v) is 9.11. The third-order valence-electron chi connectivity index (χ3n) is 9.11. The lowest BCUT2D eigenvalue weighted by molar-refractivity contribution is 0.350. The zero-order chi connectivity index (χ0) is 33.4. The maximum absolute atomic E-state index is 11.5. The average molecular weight is 635 g/mol. The molecule has 0 fully saturated rings. The van der Waals surface area contributed by atoms with Gasteiger partial charge in [-0.1, -0.05) is 103 Å². The molecule has 48 heavy (non-hydrogen) atoms. The molecule has 0 heterocycles.